The normalized spacial score (nSPS) is 13.9. The Bertz CT molecular complexity index is 511. The number of aliphatic carboxylic acids is 1. The van der Waals surface area contributed by atoms with E-state index in [4.69, 9.17) is 5.11 Å². The lowest BCUT2D eigenvalue weighted by Crippen LogP contribution is -2.34. The molecule has 1 rings (SSSR count). The van der Waals surface area contributed by atoms with Crippen molar-refractivity contribution in [3.8, 4) is 0 Å². The number of anilines is 1. The number of carboxylic acid groups (broad SMARTS) is 1. The zero-order valence-electron chi connectivity index (χ0n) is 11.4. The van der Waals surface area contributed by atoms with Crippen molar-refractivity contribution in [2.45, 2.75) is 27.2 Å². The first-order chi connectivity index (χ1) is 8.73. The summed E-state index contributed by atoms with van der Waals surface area (Å²) in [5.74, 6) is -0.715. The number of aryl methyl sites for hydroxylation is 2. The molecule has 0 amide bonds. The van der Waals surface area contributed by atoms with Crippen LogP contribution in [0.25, 0.3) is 0 Å². The van der Waals surface area contributed by atoms with E-state index in [2.05, 4.69) is 10.4 Å². The quantitative estimate of drug-likeness (QED) is 0.599. The maximum atomic E-state index is 11.2. The van der Waals surface area contributed by atoms with E-state index in [9.17, 15) is 14.9 Å². The van der Waals surface area contributed by atoms with Crippen LogP contribution in [0.15, 0.2) is 0 Å². The average Bonchev–Trinajstić information content (AvgIpc) is 2.60. The standard InChI is InChI=1S/C11H18N4O4/c1-5-11(3,10(16)17)6-12-9-8(15(18)19)7(2)13-14(9)4/h12H,5-6H2,1-4H3,(H,16,17). The molecule has 0 saturated carbocycles. The van der Waals surface area contributed by atoms with E-state index in [0.29, 0.717) is 12.1 Å². The predicted octanol–water partition coefficient (Wildman–Crippen LogP) is 1.55. The number of hydrogen-bond donors (Lipinski definition) is 2. The van der Waals surface area contributed by atoms with Crippen LogP contribution in [-0.4, -0.2) is 32.3 Å². The molecule has 0 aliphatic carbocycles. The summed E-state index contributed by atoms with van der Waals surface area (Å²) in [6, 6.07) is 0. The molecule has 1 atom stereocenters. The van der Waals surface area contributed by atoms with Crippen molar-refractivity contribution in [2.24, 2.45) is 12.5 Å². The summed E-state index contributed by atoms with van der Waals surface area (Å²) in [4.78, 5) is 21.6. The summed E-state index contributed by atoms with van der Waals surface area (Å²) >= 11 is 0. The molecule has 0 aliphatic rings. The third-order valence-electron chi connectivity index (χ3n) is 3.32. The topological polar surface area (TPSA) is 110 Å². The van der Waals surface area contributed by atoms with Gasteiger partial charge in [-0.1, -0.05) is 6.92 Å². The molecule has 1 heterocycles. The molecule has 0 aliphatic heterocycles. The first-order valence-electron chi connectivity index (χ1n) is 5.88. The van der Waals surface area contributed by atoms with Crippen LogP contribution in [0, 0.1) is 22.5 Å². The van der Waals surface area contributed by atoms with Crippen LogP contribution in [0.1, 0.15) is 26.0 Å². The van der Waals surface area contributed by atoms with E-state index in [1.165, 1.54) is 4.68 Å². The molecule has 8 heteroatoms. The Morgan fingerprint density at radius 3 is 2.63 bits per heavy atom. The largest absolute Gasteiger partial charge is 0.481 e. The maximum Gasteiger partial charge on any atom is 0.333 e. The zero-order valence-corrected chi connectivity index (χ0v) is 11.4. The third kappa shape index (κ3) is 2.83. The van der Waals surface area contributed by atoms with Crippen LogP contribution in [0.2, 0.25) is 0 Å². The van der Waals surface area contributed by atoms with Gasteiger partial charge in [-0.3, -0.25) is 14.9 Å². The van der Waals surface area contributed by atoms with Gasteiger partial charge < -0.3 is 10.4 Å². The molecule has 0 fully saturated rings. The van der Waals surface area contributed by atoms with Crippen molar-refractivity contribution in [3.05, 3.63) is 15.8 Å². The van der Waals surface area contributed by atoms with Gasteiger partial charge in [0, 0.05) is 13.6 Å². The molecule has 2 N–H and O–H groups in total. The van der Waals surface area contributed by atoms with Crippen molar-refractivity contribution < 1.29 is 14.8 Å². The molecule has 8 nitrogen and oxygen atoms in total. The number of nitrogens with zero attached hydrogens (tertiary/aromatic N) is 3. The Kier molecular flexibility index (Phi) is 4.13. The lowest BCUT2D eigenvalue weighted by molar-refractivity contribution is -0.384. The minimum absolute atomic E-state index is 0.0959. The van der Waals surface area contributed by atoms with Gasteiger partial charge in [-0.25, -0.2) is 4.68 Å². The number of rotatable bonds is 6. The number of nitrogens with one attached hydrogen (secondary N) is 1. The van der Waals surface area contributed by atoms with Crippen LogP contribution in [-0.2, 0) is 11.8 Å². The lowest BCUT2D eigenvalue weighted by Gasteiger charge is -2.23. The number of carboxylic acids is 1. The van der Waals surface area contributed by atoms with Crippen molar-refractivity contribution in [1.29, 1.82) is 0 Å². The van der Waals surface area contributed by atoms with E-state index >= 15 is 0 Å². The average molecular weight is 270 g/mol. The Morgan fingerprint density at radius 2 is 2.21 bits per heavy atom. The molecule has 0 spiro atoms. The molecule has 1 aromatic heterocycles. The molecule has 1 aromatic rings. The van der Waals surface area contributed by atoms with Gasteiger partial charge in [-0.05, 0) is 20.3 Å². The Labute approximate surface area is 110 Å². The van der Waals surface area contributed by atoms with Gasteiger partial charge in [0.05, 0.1) is 10.3 Å². The van der Waals surface area contributed by atoms with Crippen molar-refractivity contribution in [2.75, 3.05) is 11.9 Å². The number of carbonyl (C=O) groups is 1. The van der Waals surface area contributed by atoms with Gasteiger partial charge in [-0.2, -0.15) is 5.10 Å². The molecule has 106 valence electrons. The summed E-state index contributed by atoms with van der Waals surface area (Å²) in [6.45, 7) is 4.99. The Morgan fingerprint density at radius 1 is 1.63 bits per heavy atom. The molecule has 0 saturated heterocycles. The first-order valence-corrected chi connectivity index (χ1v) is 5.88. The summed E-state index contributed by atoms with van der Waals surface area (Å²) in [6.07, 6.45) is 0.417. The highest BCUT2D eigenvalue weighted by atomic mass is 16.6. The molecule has 0 aromatic carbocycles. The second-order valence-electron chi connectivity index (χ2n) is 4.74. The van der Waals surface area contributed by atoms with Crippen LogP contribution >= 0.6 is 0 Å². The van der Waals surface area contributed by atoms with Crippen molar-refractivity contribution in [1.82, 2.24) is 9.78 Å². The lowest BCUT2D eigenvalue weighted by atomic mass is 9.88. The van der Waals surface area contributed by atoms with Gasteiger partial charge in [0.1, 0.15) is 5.69 Å². The monoisotopic (exact) mass is 270 g/mol. The van der Waals surface area contributed by atoms with Crippen LogP contribution in [0.5, 0.6) is 0 Å². The van der Waals surface area contributed by atoms with Crippen LogP contribution in [0.4, 0.5) is 11.5 Å². The van der Waals surface area contributed by atoms with E-state index < -0.39 is 16.3 Å². The number of aromatic nitrogens is 2. The van der Waals surface area contributed by atoms with Gasteiger partial charge in [0.2, 0.25) is 5.82 Å². The molecular weight excluding hydrogens is 252 g/mol. The zero-order chi connectivity index (χ0) is 14.8. The Hall–Kier alpha value is -2.12. The summed E-state index contributed by atoms with van der Waals surface area (Å²) in [5, 5.41) is 27.0. The van der Waals surface area contributed by atoms with E-state index in [-0.39, 0.29) is 18.1 Å². The first kappa shape index (κ1) is 14.9. The summed E-state index contributed by atoms with van der Waals surface area (Å²) in [5.41, 5.74) is -0.804. The minimum Gasteiger partial charge on any atom is -0.481 e. The van der Waals surface area contributed by atoms with Gasteiger partial charge in [0.25, 0.3) is 0 Å². The summed E-state index contributed by atoms with van der Waals surface area (Å²) in [7, 11) is 1.58. The van der Waals surface area contributed by atoms with Gasteiger partial charge in [-0.15, -0.1) is 0 Å². The molecule has 0 radical (unpaired) electrons. The van der Waals surface area contributed by atoms with Gasteiger partial charge >= 0.3 is 11.7 Å². The second kappa shape index (κ2) is 5.25. The summed E-state index contributed by atoms with van der Waals surface area (Å²) < 4.78 is 1.35. The maximum absolute atomic E-state index is 11.2. The fourth-order valence-electron chi connectivity index (χ4n) is 1.69. The van der Waals surface area contributed by atoms with E-state index in [0.717, 1.165) is 0 Å². The highest BCUT2D eigenvalue weighted by Gasteiger charge is 2.33. The smallest absolute Gasteiger partial charge is 0.333 e. The van der Waals surface area contributed by atoms with E-state index in [1.54, 1.807) is 27.8 Å². The predicted molar refractivity (Wildman–Crippen MR) is 69.1 cm³/mol. The molecular formula is C11H18N4O4. The molecule has 19 heavy (non-hydrogen) atoms. The fraction of sp³-hybridized carbons (Fsp3) is 0.636. The second-order valence-corrected chi connectivity index (χ2v) is 4.74. The fourth-order valence-corrected chi connectivity index (χ4v) is 1.69. The van der Waals surface area contributed by atoms with Crippen molar-refractivity contribution in [3.63, 3.8) is 0 Å². The van der Waals surface area contributed by atoms with E-state index in [1.807, 2.05) is 0 Å². The molecule has 0 bridgehead atoms. The highest BCUT2D eigenvalue weighted by Crippen LogP contribution is 2.29. The van der Waals surface area contributed by atoms with Crippen LogP contribution < -0.4 is 5.32 Å². The number of nitro groups is 1. The Balaban J connectivity index is 3.01. The van der Waals surface area contributed by atoms with Crippen LogP contribution in [0.3, 0.4) is 0 Å². The number of hydrogen-bond acceptors (Lipinski definition) is 5. The SMILES string of the molecule is CCC(C)(CNc1c([N+](=O)[O-])c(C)nn1C)C(=O)O. The minimum atomic E-state index is -0.980. The van der Waals surface area contributed by atoms with Crippen molar-refractivity contribution >= 4 is 17.5 Å². The highest BCUT2D eigenvalue weighted by molar-refractivity contribution is 5.75. The van der Waals surface area contributed by atoms with Gasteiger partial charge in [0.15, 0.2) is 0 Å². The third-order valence-corrected chi connectivity index (χ3v) is 3.32. The molecule has 1 unspecified atom stereocenters.